The van der Waals surface area contributed by atoms with E-state index in [2.05, 4.69) is 11.2 Å². The Labute approximate surface area is 105 Å². The molecule has 1 aromatic carbocycles. The fourth-order valence-corrected chi connectivity index (χ4v) is 1.22. The van der Waals surface area contributed by atoms with Crippen LogP contribution in [0.15, 0.2) is 18.2 Å². The van der Waals surface area contributed by atoms with Gasteiger partial charge < -0.3 is 14.8 Å². The van der Waals surface area contributed by atoms with Crippen LogP contribution >= 0.6 is 0 Å². The maximum atomic E-state index is 11.3. The molecule has 0 aliphatic heterocycles. The Kier molecular flexibility index (Phi) is 5.26. The lowest BCUT2D eigenvalue weighted by atomic mass is 10.2. The van der Waals surface area contributed by atoms with Gasteiger partial charge in [0.25, 0.3) is 5.91 Å². The van der Waals surface area contributed by atoms with Crippen LogP contribution < -0.4 is 14.8 Å². The standard InChI is InChI=1S/C13H13NO4/c1-3-6-14-13(16)9-18-12-7-10(8-15)4-5-11(12)17-2/h1,4-5,7-8H,6,9H2,2H3,(H,14,16). The minimum Gasteiger partial charge on any atom is -0.493 e. The van der Waals surface area contributed by atoms with Gasteiger partial charge in [-0.05, 0) is 18.2 Å². The fraction of sp³-hybridized carbons (Fsp3) is 0.231. The molecule has 0 atom stereocenters. The van der Waals surface area contributed by atoms with Gasteiger partial charge in [0.1, 0.15) is 6.29 Å². The Bertz CT molecular complexity index is 476. The van der Waals surface area contributed by atoms with Crippen LogP contribution in [-0.2, 0) is 4.79 Å². The van der Waals surface area contributed by atoms with E-state index in [1.807, 2.05) is 0 Å². The number of nitrogens with one attached hydrogen (secondary N) is 1. The van der Waals surface area contributed by atoms with Crippen molar-refractivity contribution in [1.29, 1.82) is 0 Å². The predicted octanol–water partition coefficient (Wildman–Crippen LogP) is 0.636. The summed E-state index contributed by atoms with van der Waals surface area (Å²) in [6.07, 6.45) is 5.69. The van der Waals surface area contributed by atoms with E-state index in [9.17, 15) is 9.59 Å². The number of methoxy groups -OCH3 is 1. The molecule has 0 bridgehead atoms. The number of terminal acetylenes is 1. The molecule has 5 heteroatoms. The van der Waals surface area contributed by atoms with Crippen LogP contribution in [0.2, 0.25) is 0 Å². The number of rotatable bonds is 6. The molecular formula is C13H13NO4. The second-order valence-electron chi connectivity index (χ2n) is 3.30. The van der Waals surface area contributed by atoms with Gasteiger partial charge in [-0.15, -0.1) is 6.42 Å². The fourth-order valence-electron chi connectivity index (χ4n) is 1.22. The van der Waals surface area contributed by atoms with Crippen molar-refractivity contribution in [2.45, 2.75) is 0 Å². The van der Waals surface area contributed by atoms with Crippen molar-refractivity contribution in [3.05, 3.63) is 23.8 Å². The molecule has 0 aliphatic carbocycles. The van der Waals surface area contributed by atoms with Gasteiger partial charge in [0.15, 0.2) is 18.1 Å². The largest absolute Gasteiger partial charge is 0.493 e. The number of hydrogen-bond acceptors (Lipinski definition) is 4. The van der Waals surface area contributed by atoms with Crippen LogP contribution in [0, 0.1) is 12.3 Å². The number of aldehydes is 1. The minimum absolute atomic E-state index is 0.147. The summed E-state index contributed by atoms with van der Waals surface area (Å²) >= 11 is 0. The highest BCUT2D eigenvalue weighted by Gasteiger charge is 2.08. The molecular weight excluding hydrogens is 234 g/mol. The molecule has 0 spiro atoms. The summed E-state index contributed by atoms with van der Waals surface area (Å²) in [5.41, 5.74) is 0.440. The average Bonchev–Trinajstić information content (AvgIpc) is 2.42. The van der Waals surface area contributed by atoms with Crippen molar-refractivity contribution in [3.8, 4) is 23.8 Å². The Balaban J connectivity index is 2.68. The second kappa shape index (κ2) is 6.97. The van der Waals surface area contributed by atoms with E-state index in [1.54, 1.807) is 12.1 Å². The van der Waals surface area contributed by atoms with Crippen LogP contribution in [0.5, 0.6) is 11.5 Å². The summed E-state index contributed by atoms with van der Waals surface area (Å²) < 4.78 is 10.3. The van der Waals surface area contributed by atoms with Crippen molar-refractivity contribution in [1.82, 2.24) is 5.32 Å². The van der Waals surface area contributed by atoms with Crippen LogP contribution in [0.1, 0.15) is 10.4 Å². The first-order valence-electron chi connectivity index (χ1n) is 5.17. The highest BCUT2D eigenvalue weighted by molar-refractivity contribution is 5.78. The Hall–Kier alpha value is -2.48. The number of carbonyl (C=O) groups excluding carboxylic acids is 2. The average molecular weight is 247 g/mol. The van der Waals surface area contributed by atoms with Gasteiger partial charge in [-0.3, -0.25) is 9.59 Å². The number of ether oxygens (including phenoxy) is 2. The quantitative estimate of drug-likeness (QED) is 0.591. The lowest BCUT2D eigenvalue weighted by molar-refractivity contribution is -0.122. The van der Waals surface area contributed by atoms with E-state index in [-0.39, 0.29) is 19.1 Å². The molecule has 0 radical (unpaired) electrons. The summed E-state index contributed by atoms with van der Waals surface area (Å²) in [5.74, 6) is 2.72. The maximum absolute atomic E-state index is 11.3. The molecule has 0 unspecified atom stereocenters. The predicted molar refractivity (Wildman–Crippen MR) is 65.7 cm³/mol. The van der Waals surface area contributed by atoms with Crippen molar-refractivity contribution < 1.29 is 19.1 Å². The summed E-state index contributed by atoms with van der Waals surface area (Å²) in [6.45, 7) is -0.0476. The highest BCUT2D eigenvalue weighted by atomic mass is 16.5. The van der Waals surface area contributed by atoms with Crippen molar-refractivity contribution in [2.24, 2.45) is 0 Å². The van der Waals surface area contributed by atoms with Crippen molar-refractivity contribution in [2.75, 3.05) is 20.3 Å². The van der Waals surface area contributed by atoms with Gasteiger partial charge in [0.05, 0.1) is 13.7 Å². The normalized spacial score (nSPS) is 9.11. The lowest BCUT2D eigenvalue weighted by Gasteiger charge is -2.10. The van der Waals surface area contributed by atoms with E-state index in [0.717, 1.165) is 0 Å². The van der Waals surface area contributed by atoms with Crippen molar-refractivity contribution >= 4 is 12.2 Å². The van der Waals surface area contributed by atoms with Gasteiger partial charge in [-0.25, -0.2) is 0 Å². The number of benzene rings is 1. The third kappa shape index (κ3) is 3.83. The van der Waals surface area contributed by atoms with Crippen LogP contribution in [0.3, 0.4) is 0 Å². The van der Waals surface area contributed by atoms with Gasteiger partial charge in [0.2, 0.25) is 0 Å². The first-order chi connectivity index (χ1) is 8.71. The van der Waals surface area contributed by atoms with Crippen LogP contribution in [-0.4, -0.2) is 32.5 Å². The zero-order valence-corrected chi connectivity index (χ0v) is 9.93. The maximum Gasteiger partial charge on any atom is 0.258 e. The molecule has 0 heterocycles. The Morgan fingerprint density at radius 2 is 2.28 bits per heavy atom. The monoisotopic (exact) mass is 247 g/mol. The Morgan fingerprint density at radius 1 is 1.50 bits per heavy atom. The molecule has 0 fully saturated rings. The van der Waals surface area contributed by atoms with E-state index in [4.69, 9.17) is 15.9 Å². The molecule has 94 valence electrons. The lowest BCUT2D eigenvalue weighted by Crippen LogP contribution is -2.29. The number of carbonyl (C=O) groups is 2. The van der Waals surface area contributed by atoms with Gasteiger partial charge >= 0.3 is 0 Å². The zero-order chi connectivity index (χ0) is 13.4. The summed E-state index contributed by atoms with van der Waals surface area (Å²) in [6, 6.07) is 4.69. The molecule has 1 rings (SSSR count). The Morgan fingerprint density at radius 3 is 2.89 bits per heavy atom. The van der Waals surface area contributed by atoms with Crippen molar-refractivity contribution in [3.63, 3.8) is 0 Å². The first kappa shape index (κ1) is 13.6. The molecule has 0 aliphatic rings. The topological polar surface area (TPSA) is 64.6 Å². The summed E-state index contributed by atoms with van der Waals surface area (Å²) in [7, 11) is 1.47. The molecule has 0 saturated carbocycles. The first-order valence-corrected chi connectivity index (χ1v) is 5.17. The highest BCUT2D eigenvalue weighted by Crippen LogP contribution is 2.27. The summed E-state index contributed by atoms with van der Waals surface area (Å²) in [4.78, 5) is 21.9. The number of hydrogen-bond donors (Lipinski definition) is 1. The third-order valence-electron chi connectivity index (χ3n) is 2.07. The SMILES string of the molecule is C#CCNC(=O)COc1cc(C=O)ccc1OC. The summed E-state index contributed by atoms with van der Waals surface area (Å²) in [5, 5.41) is 2.46. The molecule has 18 heavy (non-hydrogen) atoms. The van der Waals surface area contributed by atoms with Gasteiger partial charge in [-0.1, -0.05) is 5.92 Å². The molecule has 0 aromatic heterocycles. The van der Waals surface area contributed by atoms with E-state index >= 15 is 0 Å². The van der Waals surface area contributed by atoms with E-state index in [0.29, 0.717) is 23.3 Å². The van der Waals surface area contributed by atoms with Crippen LogP contribution in [0.25, 0.3) is 0 Å². The molecule has 1 amide bonds. The molecule has 0 saturated heterocycles. The zero-order valence-electron chi connectivity index (χ0n) is 9.93. The van der Waals surface area contributed by atoms with Gasteiger partial charge in [0, 0.05) is 5.56 Å². The minimum atomic E-state index is -0.341. The molecule has 5 nitrogen and oxygen atoms in total. The second-order valence-corrected chi connectivity index (χ2v) is 3.30. The number of amides is 1. The van der Waals surface area contributed by atoms with E-state index < -0.39 is 0 Å². The smallest absolute Gasteiger partial charge is 0.258 e. The molecule has 1 aromatic rings. The third-order valence-corrected chi connectivity index (χ3v) is 2.07. The van der Waals surface area contributed by atoms with E-state index in [1.165, 1.54) is 13.2 Å². The van der Waals surface area contributed by atoms with Gasteiger partial charge in [-0.2, -0.15) is 0 Å². The molecule has 1 N–H and O–H groups in total. The van der Waals surface area contributed by atoms with Crippen LogP contribution in [0.4, 0.5) is 0 Å².